The van der Waals surface area contributed by atoms with Crippen LogP contribution in [0.3, 0.4) is 0 Å². The minimum Gasteiger partial charge on any atom is -0.334 e. The van der Waals surface area contributed by atoms with E-state index in [4.69, 9.17) is 5.73 Å². The molecule has 1 aromatic carbocycles. The van der Waals surface area contributed by atoms with E-state index in [1.807, 2.05) is 29.8 Å². The summed E-state index contributed by atoms with van der Waals surface area (Å²) in [7, 11) is 1.94. The molecule has 0 bridgehead atoms. The van der Waals surface area contributed by atoms with Crippen molar-refractivity contribution >= 4 is 16.8 Å². The predicted molar refractivity (Wildman–Crippen MR) is 65.8 cm³/mol. The fraction of sp³-hybridized carbons (Fsp3) is 0.385. The minimum atomic E-state index is -0.275. The monoisotopic (exact) mass is 229 g/mol. The molecule has 1 aromatic heterocycles. The molecule has 2 aromatic rings. The van der Waals surface area contributed by atoms with Gasteiger partial charge in [0.1, 0.15) is 0 Å². The fourth-order valence-corrected chi connectivity index (χ4v) is 2.26. The number of aryl methyl sites for hydroxylation is 1. The Hall–Kier alpha value is -1.68. The second kappa shape index (κ2) is 3.40. The zero-order chi connectivity index (χ0) is 12.0. The Morgan fingerprint density at radius 3 is 2.94 bits per heavy atom. The van der Waals surface area contributed by atoms with E-state index in [9.17, 15) is 4.79 Å². The second-order valence-electron chi connectivity index (χ2n) is 4.87. The first-order valence-electron chi connectivity index (χ1n) is 5.82. The van der Waals surface area contributed by atoms with Gasteiger partial charge < -0.3 is 10.3 Å². The Labute approximate surface area is 99.4 Å². The molecule has 88 valence electrons. The molecule has 0 aliphatic heterocycles. The zero-order valence-electron chi connectivity index (χ0n) is 9.81. The van der Waals surface area contributed by atoms with Gasteiger partial charge in [0, 0.05) is 24.6 Å². The number of rotatable bonds is 3. The van der Waals surface area contributed by atoms with Gasteiger partial charge in [-0.2, -0.15) is 0 Å². The van der Waals surface area contributed by atoms with E-state index in [1.165, 1.54) is 0 Å². The molecule has 17 heavy (non-hydrogen) atoms. The number of carbonyl (C=O) groups excluding carboxylic acids is 1. The van der Waals surface area contributed by atoms with Gasteiger partial charge in [-0.15, -0.1) is 0 Å². The lowest BCUT2D eigenvalue weighted by Crippen LogP contribution is -2.25. The van der Waals surface area contributed by atoms with Crippen LogP contribution in [0.4, 0.5) is 0 Å². The number of hydrogen-bond acceptors (Lipinski definition) is 3. The standard InChI is InChI=1S/C13H15N3O/c1-16-8-15-10-6-9(2-3-11(10)16)12(17)13(7-14)4-5-13/h2-3,6,8H,4-5,7,14H2,1H3. The smallest absolute Gasteiger partial charge is 0.170 e. The minimum absolute atomic E-state index is 0.174. The van der Waals surface area contributed by atoms with E-state index in [0.717, 1.165) is 29.4 Å². The van der Waals surface area contributed by atoms with Crippen LogP contribution in [-0.4, -0.2) is 21.9 Å². The van der Waals surface area contributed by atoms with Gasteiger partial charge in [-0.3, -0.25) is 4.79 Å². The largest absolute Gasteiger partial charge is 0.334 e. The number of hydrogen-bond donors (Lipinski definition) is 1. The van der Waals surface area contributed by atoms with Gasteiger partial charge in [0.25, 0.3) is 0 Å². The third-order valence-electron chi connectivity index (χ3n) is 3.71. The van der Waals surface area contributed by atoms with E-state index >= 15 is 0 Å². The Morgan fingerprint density at radius 1 is 1.53 bits per heavy atom. The second-order valence-corrected chi connectivity index (χ2v) is 4.87. The quantitative estimate of drug-likeness (QED) is 0.811. The van der Waals surface area contributed by atoms with E-state index in [1.54, 1.807) is 6.33 Å². The maximum Gasteiger partial charge on any atom is 0.170 e. The van der Waals surface area contributed by atoms with Crippen LogP contribution in [-0.2, 0) is 7.05 Å². The molecule has 0 atom stereocenters. The summed E-state index contributed by atoms with van der Waals surface area (Å²) in [5.74, 6) is 0.174. The van der Waals surface area contributed by atoms with Crippen LogP contribution in [0.5, 0.6) is 0 Å². The molecule has 1 aliphatic rings. The molecule has 0 amide bonds. The molecule has 0 saturated heterocycles. The van der Waals surface area contributed by atoms with Gasteiger partial charge in [-0.05, 0) is 31.0 Å². The summed E-state index contributed by atoms with van der Waals surface area (Å²) in [5, 5.41) is 0. The average Bonchev–Trinajstić information content (AvgIpc) is 3.08. The maximum atomic E-state index is 12.3. The Morgan fingerprint density at radius 2 is 2.29 bits per heavy atom. The highest BCUT2D eigenvalue weighted by molar-refractivity contribution is 6.04. The molecule has 4 nitrogen and oxygen atoms in total. The van der Waals surface area contributed by atoms with Crippen LogP contribution in [0.2, 0.25) is 0 Å². The molecule has 1 fully saturated rings. The number of nitrogens with zero attached hydrogens (tertiary/aromatic N) is 2. The highest BCUT2D eigenvalue weighted by Gasteiger charge is 2.48. The van der Waals surface area contributed by atoms with Crippen LogP contribution in [0.1, 0.15) is 23.2 Å². The summed E-state index contributed by atoms with van der Waals surface area (Å²) in [5.41, 5.74) is 8.05. The topological polar surface area (TPSA) is 60.9 Å². The van der Waals surface area contributed by atoms with Crippen LogP contribution < -0.4 is 5.73 Å². The molecule has 1 saturated carbocycles. The first-order chi connectivity index (χ1) is 8.16. The molecular formula is C13H15N3O. The molecule has 4 heteroatoms. The number of Topliss-reactive ketones (excluding diaryl/α,β-unsaturated/α-hetero) is 1. The first kappa shape index (κ1) is 10.5. The van der Waals surface area contributed by atoms with Gasteiger partial charge in [-0.25, -0.2) is 4.98 Å². The summed E-state index contributed by atoms with van der Waals surface area (Å²) in [6.07, 6.45) is 3.60. The molecule has 0 radical (unpaired) electrons. The molecule has 3 rings (SSSR count). The highest BCUT2D eigenvalue weighted by Crippen LogP contribution is 2.47. The zero-order valence-corrected chi connectivity index (χ0v) is 9.81. The van der Waals surface area contributed by atoms with Crippen molar-refractivity contribution in [2.75, 3.05) is 6.54 Å². The Balaban J connectivity index is 2.04. The average molecular weight is 229 g/mol. The van der Waals surface area contributed by atoms with Gasteiger partial charge in [0.05, 0.1) is 17.4 Å². The van der Waals surface area contributed by atoms with Crippen molar-refractivity contribution in [3.8, 4) is 0 Å². The van der Waals surface area contributed by atoms with Crippen LogP contribution >= 0.6 is 0 Å². The lowest BCUT2D eigenvalue weighted by atomic mass is 9.94. The molecule has 0 spiro atoms. The van der Waals surface area contributed by atoms with Gasteiger partial charge in [0.2, 0.25) is 0 Å². The van der Waals surface area contributed by atoms with Crippen LogP contribution in [0.25, 0.3) is 11.0 Å². The first-order valence-corrected chi connectivity index (χ1v) is 5.82. The SMILES string of the molecule is Cn1cnc2cc(C(=O)C3(CN)CC3)ccc21. The molecule has 1 heterocycles. The predicted octanol–water partition coefficient (Wildman–Crippen LogP) is 1.49. The Kier molecular flexibility index (Phi) is 2.10. The lowest BCUT2D eigenvalue weighted by molar-refractivity contribution is 0.0906. The van der Waals surface area contributed by atoms with Crippen molar-refractivity contribution < 1.29 is 4.79 Å². The van der Waals surface area contributed by atoms with Crippen molar-refractivity contribution in [2.24, 2.45) is 18.2 Å². The number of fused-ring (bicyclic) bond motifs is 1. The summed E-state index contributed by atoms with van der Waals surface area (Å²) < 4.78 is 1.94. The van der Waals surface area contributed by atoms with Crippen molar-refractivity contribution in [1.29, 1.82) is 0 Å². The van der Waals surface area contributed by atoms with Crippen LogP contribution in [0, 0.1) is 5.41 Å². The number of carbonyl (C=O) groups is 1. The third-order valence-corrected chi connectivity index (χ3v) is 3.71. The lowest BCUT2D eigenvalue weighted by Gasteiger charge is -2.10. The number of aromatic nitrogens is 2. The summed E-state index contributed by atoms with van der Waals surface area (Å²) in [6, 6.07) is 5.69. The molecule has 1 aliphatic carbocycles. The van der Waals surface area contributed by atoms with Crippen molar-refractivity contribution in [2.45, 2.75) is 12.8 Å². The van der Waals surface area contributed by atoms with E-state index in [-0.39, 0.29) is 11.2 Å². The molecule has 2 N–H and O–H groups in total. The van der Waals surface area contributed by atoms with Crippen molar-refractivity contribution in [1.82, 2.24) is 9.55 Å². The number of benzene rings is 1. The summed E-state index contributed by atoms with van der Waals surface area (Å²) in [6.45, 7) is 0.450. The number of ketones is 1. The Bertz CT molecular complexity index is 596. The van der Waals surface area contributed by atoms with E-state index in [0.29, 0.717) is 6.54 Å². The van der Waals surface area contributed by atoms with Crippen LogP contribution in [0.15, 0.2) is 24.5 Å². The van der Waals surface area contributed by atoms with Gasteiger partial charge >= 0.3 is 0 Å². The van der Waals surface area contributed by atoms with E-state index in [2.05, 4.69) is 4.98 Å². The third kappa shape index (κ3) is 1.48. The highest BCUT2D eigenvalue weighted by atomic mass is 16.1. The maximum absolute atomic E-state index is 12.3. The van der Waals surface area contributed by atoms with Gasteiger partial charge in [0.15, 0.2) is 5.78 Å². The van der Waals surface area contributed by atoms with Gasteiger partial charge in [-0.1, -0.05) is 0 Å². The van der Waals surface area contributed by atoms with Crippen molar-refractivity contribution in [3.05, 3.63) is 30.1 Å². The molecular weight excluding hydrogens is 214 g/mol. The van der Waals surface area contributed by atoms with E-state index < -0.39 is 0 Å². The molecule has 0 unspecified atom stereocenters. The fourth-order valence-electron chi connectivity index (χ4n) is 2.26. The summed E-state index contributed by atoms with van der Waals surface area (Å²) >= 11 is 0. The number of imidazole rings is 1. The normalized spacial score (nSPS) is 17.3. The summed E-state index contributed by atoms with van der Waals surface area (Å²) in [4.78, 5) is 16.6. The number of nitrogens with two attached hydrogens (primary N) is 1. The van der Waals surface area contributed by atoms with Crippen molar-refractivity contribution in [3.63, 3.8) is 0 Å².